The molecule has 1 atom stereocenters. The minimum absolute atomic E-state index is 0.0387. The van der Waals surface area contributed by atoms with Crippen LogP contribution in [-0.4, -0.2) is 39.5 Å². The highest BCUT2D eigenvalue weighted by Gasteiger charge is 2.17. The Bertz CT molecular complexity index is 1490. The molecular formula is C28H29FN8O. The van der Waals surface area contributed by atoms with Crippen molar-refractivity contribution in [2.75, 3.05) is 23.9 Å². The lowest BCUT2D eigenvalue weighted by atomic mass is 10.0. The fourth-order valence-electron chi connectivity index (χ4n) is 3.84. The van der Waals surface area contributed by atoms with Gasteiger partial charge in [0.25, 0.3) is 0 Å². The summed E-state index contributed by atoms with van der Waals surface area (Å²) in [5.74, 6) is 1.59. The number of ether oxygens (including phenoxy) is 1. The van der Waals surface area contributed by atoms with E-state index in [0.29, 0.717) is 41.4 Å². The highest BCUT2D eigenvalue weighted by molar-refractivity contribution is 5.85. The van der Waals surface area contributed by atoms with Gasteiger partial charge in [0.05, 0.1) is 42.3 Å². The molecule has 194 valence electrons. The van der Waals surface area contributed by atoms with Crippen LogP contribution in [0.5, 0.6) is 5.75 Å². The Morgan fingerprint density at radius 3 is 2.66 bits per heavy atom. The highest BCUT2D eigenvalue weighted by Crippen LogP contribution is 2.32. The zero-order valence-corrected chi connectivity index (χ0v) is 21.7. The smallest absolute Gasteiger partial charge is 0.156 e. The Labute approximate surface area is 220 Å². The van der Waals surface area contributed by atoms with Gasteiger partial charge in [-0.1, -0.05) is 19.9 Å². The predicted octanol–water partition coefficient (Wildman–Crippen LogP) is 5.77. The number of fused-ring (bicyclic) bond motifs is 1. The van der Waals surface area contributed by atoms with Gasteiger partial charge in [-0.2, -0.15) is 10.4 Å². The van der Waals surface area contributed by atoms with Crippen molar-refractivity contribution < 1.29 is 9.13 Å². The first-order valence-electron chi connectivity index (χ1n) is 12.1. The molecule has 0 aliphatic carbocycles. The molecule has 0 amide bonds. The molecule has 4 heterocycles. The van der Waals surface area contributed by atoms with Crippen molar-refractivity contribution in [2.24, 2.45) is 5.92 Å². The maximum atomic E-state index is 13.1. The standard InChI is InChI=1S/C28H29FN8O/c1-18(2)17-38-24-9-25(28-22(10-30)14-35-37(28)16-24)21-6-8-27(34-13-21)36(4)19(3)20-5-7-26(32-12-20)33-15-23(29)11-31/h5-9,11-16,18-19,31H,17H2,1-4H3,(H,32,33)/b23-15+,31-11?. The van der Waals surface area contributed by atoms with E-state index in [1.165, 1.54) is 0 Å². The third-order valence-corrected chi connectivity index (χ3v) is 6.06. The first-order valence-corrected chi connectivity index (χ1v) is 12.1. The lowest BCUT2D eigenvalue weighted by molar-refractivity contribution is 0.270. The second-order valence-electron chi connectivity index (χ2n) is 9.24. The molecule has 0 bridgehead atoms. The van der Waals surface area contributed by atoms with Crippen molar-refractivity contribution in [3.05, 3.63) is 78.3 Å². The molecule has 0 saturated heterocycles. The normalized spacial score (nSPS) is 12.3. The third-order valence-electron chi connectivity index (χ3n) is 6.06. The van der Waals surface area contributed by atoms with Gasteiger partial charge < -0.3 is 20.4 Å². The first kappa shape index (κ1) is 26.3. The van der Waals surface area contributed by atoms with Crippen LogP contribution in [0.3, 0.4) is 0 Å². The summed E-state index contributed by atoms with van der Waals surface area (Å²) < 4.78 is 20.7. The number of hydrogen-bond donors (Lipinski definition) is 2. The van der Waals surface area contributed by atoms with Crippen LogP contribution in [0.4, 0.5) is 16.0 Å². The van der Waals surface area contributed by atoms with E-state index >= 15 is 0 Å². The summed E-state index contributed by atoms with van der Waals surface area (Å²) in [6.07, 6.45) is 8.54. The van der Waals surface area contributed by atoms with E-state index in [2.05, 4.69) is 35.3 Å². The minimum atomic E-state index is -0.689. The van der Waals surface area contributed by atoms with Crippen molar-refractivity contribution in [1.29, 1.82) is 10.7 Å². The quantitative estimate of drug-likeness (QED) is 0.259. The summed E-state index contributed by atoms with van der Waals surface area (Å²) in [6, 6.07) is 11.7. The lowest BCUT2D eigenvalue weighted by Gasteiger charge is -2.26. The second kappa shape index (κ2) is 11.5. The number of hydrogen-bond acceptors (Lipinski definition) is 8. The van der Waals surface area contributed by atoms with E-state index in [-0.39, 0.29) is 6.04 Å². The fourth-order valence-corrected chi connectivity index (χ4v) is 3.84. The van der Waals surface area contributed by atoms with Crippen molar-refractivity contribution in [3.63, 3.8) is 0 Å². The van der Waals surface area contributed by atoms with Gasteiger partial charge in [-0.25, -0.2) is 18.9 Å². The summed E-state index contributed by atoms with van der Waals surface area (Å²) in [4.78, 5) is 11.0. The molecule has 0 aromatic carbocycles. The Balaban J connectivity index is 1.57. The summed E-state index contributed by atoms with van der Waals surface area (Å²) in [6.45, 7) is 6.78. The predicted molar refractivity (Wildman–Crippen MR) is 146 cm³/mol. The summed E-state index contributed by atoms with van der Waals surface area (Å²) in [7, 11) is 1.95. The molecule has 0 aliphatic heterocycles. The molecule has 9 nitrogen and oxygen atoms in total. The number of anilines is 2. The number of nitrogens with one attached hydrogen (secondary N) is 2. The van der Waals surface area contributed by atoms with Crippen molar-refractivity contribution in [2.45, 2.75) is 26.8 Å². The number of aromatic nitrogens is 4. The van der Waals surface area contributed by atoms with Gasteiger partial charge in [0.15, 0.2) is 5.83 Å². The van der Waals surface area contributed by atoms with Gasteiger partial charge in [-0.15, -0.1) is 0 Å². The van der Waals surface area contributed by atoms with Gasteiger partial charge in [0, 0.05) is 36.8 Å². The molecule has 4 aromatic heterocycles. The number of nitriles is 1. The fraction of sp³-hybridized carbons (Fsp3) is 0.250. The summed E-state index contributed by atoms with van der Waals surface area (Å²) in [5.41, 5.74) is 3.79. The van der Waals surface area contributed by atoms with E-state index in [0.717, 1.165) is 28.7 Å². The maximum Gasteiger partial charge on any atom is 0.156 e. The van der Waals surface area contributed by atoms with Crippen molar-refractivity contribution in [1.82, 2.24) is 19.6 Å². The molecule has 2 N–H and O–H groups in total. The van der Waals surface area contributed by atoms with E-state index in [1.807, 2.05) is 43.1 Å². The van der Waals surface area contributed by atoms with Crippen LogP contribution in [0.15, 0.2) is 67.1 Å². The zero-order valence-electron chi connectivity index (χ0n) is 21.7. The van der Waals surface area contributed by atoms with Gasteiger partial charge in [-0.05, 0) is 42.7 Å². The maximum absolute atomic E-state index is 13.1. The van der Waals surface area contributed by atoms with Crippen LogP contribution in [-0.2, 0) is 0 Å². The molecule has 0 fully saturated rings. The molecule has 0 saturated carbocycles. The molecule has 4 aromatic rings. The molecule has 10 heteroatoms. The van der Waals surface area contributed by atoms with Crippen LogP contribution < -0.4 is 15.0 Å². The number of halogens is 1. The van der Waals surface area contributed by atoms with Crippen LogP contribution >= 0.6 is 0 Å². The molecule has 0 spiro atoms. The zero-order chi connectivity index (χ0) is 27.2. The summed E-state index contributed by atoms with van der Waals surface area (Å²) >= 11 is 0. The number of nitrogens with zero attached hydrogens (tertiary/aromatic N) is 6. The Morgan fingerprint density at radius 1 is 1.21 bits per heavy atom. The topological polar surface area (TPSA) is 115 Å². The average Bonchev–Trinajstić information content (AvgIpc) is 3.37. The van der Waals surface area contributed by atoms with Gasteiger partial charge in [-0.3, -0.25) is 0 Å². The second-order valence-corrected chi connectivity index (χ2v) is 9.24. The van der Waals surface area contributed by atoms with Gasteiger partial charge >= 0.3 is 0 Å². The molecule has 0 radical (unpaired) electrons. The van der Waals surface area contributed by atoms with Crippen molar-refractivity contribution in [3.8, 4) is 22.9 Å². The summed E-state index contributed by atoms with van der Waals surface area (Å²) in [5, 5.41) is 23.6. The van der Waals surface area contributed by atoms with Crippen LogP contribution in [0.1, 0.15) is 37.9 Å². The first-order chi connectivity index (χ1) is 18.3. The van der Waals surface area contributed by atoms with E-state index in [9.17, 15) is 9.65 Å². The minimum Gasteiger partial charge on any atom is -0.492 e. The largest absolute Gasteiger partial charge is 0.492 e. The lowest BCUT2D eigenvalue weighted by Crippen LogP contribution is -2.22. The van der Waals surface area contributed by atoms with E-state index in [1.54, 1.807) is 35.4 Å². The molecule has 1 unspecified atom stereocenters. The molecule has 4 rings (SSSR count). The van der Waals surface area contributed by atoms with Crippen LogP contribution in [0.2, 0.25) is 0 Å². The van der Waals surface area contributed by atoms with E-state index < -0.39 is 5.83 Å². The average molecular weight is 513 g/mol. The van der Waals surface area contributed by atoms with E-state index in [4.69, 9.17) is 15.1 Å². The van der Waals surface area contributed by atoms with Crippen molar-refractivity contribution >= 4 is 23.4 Å². The third kappa shape index (κ3) is 5.78. The molecule has 38 heavy (non-hydrogen) atoms. The molecular weight excluding hydrogens is 483 g/mol. The number of allylic oxidation sites excluding steroid dienone is 1. The van der Waals surface area contributed by atoms with Crippen LogP contribution in [0, 0.1) is 22.7 Å². The Kier molecular flexibility index (Phi) is 7.97. The van der Waals surface area contributed by atoms with Gasteiger partial charge in [0.1, 0.15) is 23.5 Å². The Morgan fingerprint density at radius 2 is 2.03 bits per heavy atom. The number of rotatable bonds is 10. The number of pyridine rings is 3. The molecule has 0 aliphatic rings. The van der Waals surface area contributed by atoms with Crippen LogP contribution in [0.25, 0.3) is 16.6 Å². The highest BCUT2D eigenvalue weighted by atomic mass is 19.1. The SMILES string of the molecule is CC(C)COc1cc(-c2ccc(N(C)C(C)c3ccc(N/C=C(/F)C=N)nc3)nc2)c2c(C#N)cnn2c1. The monoisotopic (exact) mass is 512 g/mol. The van der Waals surface area contributed by atoms with Gasteiger partial charge in [0.2, 0.25) is 0 Å². The Hall–Kier alpha value is -4.78.